The van der Waals surface area contributed by atoms with Gasteiger partial charge in [-0.1, -0.05) is 0 Å². The number of carbonyl (C=O) groups excluding carboxylic acids is 4. The second kappa shape index (κ2) is 11.9. The fourth-order valence-corrected chi connectivity index (χ4v) is 5.27. The van der Waals surface area contributed by atoms with Gasteiger partial charge < -0.3 is 20.3 Å². The molecule has 4 aromatic rings. The first-order valence-corrected chi connectivity index (χ1v) is 13.5. The van der Waals surface area contributed by atoms with Crippen LogP contribution in [0.25, 0.3) is 33.1 Å². The van der Waals surface area contributed by atoms with Crippen LogP contribution in [0.4, 0.5) is 4.39 Å². The van der Waals surface area contributed by atoms with Gasteiger partial charge in [0.2, 0.25) is 17.7 Å². The average molecular weight is 579 g/mol. The lowest BCUT2D eigenvalue weighted by Gasteiger charge is -2.30. The van der Waals surface area contributed by atoms with Crippen LogP contribution in [-0.2, 0) is 37.5 Å². The van der Waals surface area contributed by atoms with Gasteiger partial charge in [-0.15, -0.1) is 0 Å². The van der Waals surface area contributed by atoms with E-state index >= 15 is 4.39 Å². The molecule has 5 rings (SSSR count). The molecular formula is C28H31FN8O5. The van der Waals surface area contributed by atoms with Crippen molar-refractivity contribution in [3.05, 3.63) is 42.1 Å². The van der Waals surface area contributed by atoms with Gasteiger partial charge in [0.1, 0.15) is 18.9 Å². The number of rotatable bonds is 8. The van der Waals surface area contributed by atoms with E-state index in [-0.39, 0.29) is 31.5 Å². The van der Waals surface area contributed by atoms with E-state index in [0.717, 1.165) is 5.52 Å². The highest BCUT2D eigenvalue weighted by atomic mass is 19.1. The van der Waals surface area contributed by atoms with Crippen LogP contribution >= 0.6 is 0 Å². The van der Waals surface area contributed by atoms with E-state index in [4.69, 9.17) is 5.10 Å². The molecule has 3 aromatic heterocycles. The quantitative estimate of drug-likeness (QED) is 0.296. The number of fused-ring (bicyclic) bond motifs is 2. The molecule has 1 aliphatic rings. The van der Waals surface area contributed by atoms with Gasteiger partial charge >= 0.3 is 5.97 Å². The number of esters is 1. The summed E-state index contributed by atoms with van der Waals surface area (Å²) in [6, 6.07) is 4.92. The number of carbonyl (C=O) groups is 4. The molecule has 0 atom stereocenters. The van der Waals surface area contributed by atoms with Crippen LogP contribution in [-0.4, -0.2) is 86.4 Å². The second-order valence-electron chi connectivity index (χ2n) is 10.2. The molecule has 1 aliphatic heterocycles. The van der Waals surface area contributed by atoms with Crippen LogP contribution in [0.2, 0.25) is 0 Å². The number of pyridine rings is 1. The molecule has 0 radical (unpaired) electrons. The van der Waals surface area contributed by atoms with Crippen LogP contribution in [0, 0.1) is 5.82 Å². The standard InChI is InChI=1S/C28H31FN8O5/c1-16(38)36-8-5-17(6-9-36)27-26-19(20-11-22-18(10-21(20)29)12-33-35(22)2)4-7-30-28(26)37(34-27)15-24(40)31-13-23(39)32-14-25(41)42-3/h4,7,10-12,17H,5-6,8-9,13-15H2,1-3H3,(H,31,40)(H,32,39). The number of methoxy groups -OCH3 is 1. The number of aromatic nitrogens is 5. The largest absolute Gasteiger partial charge is 0.468 e. The number of nitrogens with one attached hydrogen (secondary N) is 2. The Kier molecular flexibility index (Phi) is 8.13. The van der Waals surface area contributed by atoms with Crippen molar-refractivity contribution >= 4 is 45.6 Å². The number of hydrogen-bond donors (Lipinski definition) is 2. The summed E-state index contributed by atoms with van der Waals surface area (Å²) in [6.07, 6.45) is 4.44. The van der Waals surface area contributed by atoms with E-state index in [1.165, 1.54) is 24.8 Å². The van der Waals surface area contributed by atoms with Crippen molar-refractivity contribution in [2.24, 2.45) is 7.05 Å². The first-order chi connectivity index (χ1) is 20.2. The SMILES string of the molecule is COC(=O)CNC(=O)CNC(=O)Cn1nc(C2CCN(C(C)=O)CC2)c2c(-c3cc4c(cnn4C)cc3F)ccnc21. The predicted molar refractivity (Wildman–Crippen MR) is 149 cm³/mol. The van der Waals surface area contributed by atoms with Crippen molar-refractivity contribution in [1.29, 1.82) is 0 Å². The molecule has 2 N–H and O–H groups in total. The molecule has 0 unspecified atom stereocenters. The van der Waals surface area contributed by atoms with E-state index in [0.29, 0.717) is 59.2 Å². The van der Waals surface area contributed by atoms with E-state index in [9.17, 15) is 19.2 Å². The number of piperidine rings is 1. The summed E-state index contributed by atoms with van der Waals surface area (Å²) in [4.78, 5) is 54.3. The molecule has 14 heteroatoms. The summed E-state index contributed by atoms with van der Waals surface area (Å²) in [7, 11) is 2.99. The molecule has 42 heavy (non-hydrogen) atoms. The van der Waals surface area contributed by atoms with Crippen molar-refractivity contribution in [2.45, 2.75) is 32.2 Å². The minimum atomic E-state index is -0.611. The third-order valence-electron chi connectivity index (χ3n) is 7.51. The number of amides is 3. The van der Waals surface area contributed by atoms with Crippen molar-refractivity contribution in [3.63, 3.8) is 0 Å². The lowest BCUT2D eigenvalue weighted by Crippen LogP contribution is -2.40. The maximum atomic E-state index is 15.5. The monoisotopic (exact) mass is 578 g/mol. The Morgan fingerprint density at radius 3 is 2.52 bits per heavy atom. The summed E-state index contributed by atoms with van der Waals surface area (Å²) in [5, 5.41) is 15.2. The smallest absolute Gasteiger partial charge is 0.325 e. The molecule has 0 aliphatic carbocycles. The Balaban J connectivity index is 1.49. The zero-order chi connectivity index (χ0) is 30.0. The number of ether oxygens (including phenoxy) is 1. The molecular weight excluding hydrogens is 547 g/mol. The molecule has 0 saturated carbocycles. The summed E-state index contributed by atoms with van der Waals surface area (Å²) in [6.45, 7) is 1.75. The van der Waals surface area contributed by atoms with Crippen molar-refractivity contribution < 1.29 is 28.3 Å². The van der Waals surface area contributed by atoms with Crippen molar-refractivity contribution in [2.75, 3.05) is 33.3 Å². The molecule has 1 saturated heterocycles. The average Bonchev–Trinajstić information content (AvgIpc) is 3.54. The number of benzene rings is 1. The zero-order valence-electron chi connectivity index (χ0n) is 23.5. The predicted octanol–water partition coefficient (Wildman–Crippen LogP) is 1.26. The number of nitrogens with zero attached hydrogens (tertiary/aromatic N) is 6. The highest BCUT2D eigenvalue weighted by Gasteiger charge is 2.29. The van der Waals surface area contributed by atoms with Gasteiger partial charge in [0.05, 0.1) is 36.4 Å². The van der Waals surface area contributed by atoms with Gasteiger partial charge in [-0.2, -0.15) is 10.2 Å². The molecule has 13 nitrogen and oxygen atoms in total. The van der Waals surface area contributed by atoms with Crippen LogP contribution in [0.3, 0.4) is 0 Å². The van der Waals surface area contributed by atoms with Gasteiger partial charge in [-0.3, -0.25) is 23.9 Å². The Hall–Kier alpha value is -4.88. The fraction of sp³-hybridized carbons (Fsp3) is 0.393. The Bertz CT molecular complexity index is 1690. The molecule has 0 spiro atoms. The highest BCUT2D eigenvalue weighted by Crippen LogP contribution is 2.39. The third-order valence-corrected chi connectivity index (χ3v) is 7.51. The maximum Gasteiger partial charge on any atom is 0.325 e. The zero-order valence-corrected chi connectivity index (χ0v) is 23.5. The fourth-order valence-electron chi connectivity index (χ4n) is 5.27. The van der Waals surface area contributed by atoms with Crippen LogP contribution < -0.4 is 10.6 Å². The Morgan fingerprint density at radius 2 is 1.81 bits per heavy atom. The Morgan fingerprint density at radius 1 is 1.07 bits per heavy atom. The summed E-state index contributed by atoms with van der Waals surface area (Å²) in [5.41, 5.74) is 2.76. The normalized spacial score (nSPS) is 13.9. The minimum absolute atomic E-state index is 0.00466. The number of hydrogen-bond acceptors (Lipinski definition) is 8. The number of halogens is 1. The summed E-state index contributed by atoms with van der Waals surface area (Å²) < 4.78 is 23.1. The first-order valence-electron chi connectivity index (χ1n) is 13.5. The number of aryl methyl sites for hydroxylation is 1. The van der Waals surface area contributed by atoms with E-state index in [1.807, 2.05) is 0 Å². The van der Waals surface area contributed by atoms with Gasteiger partial charge in [0, 0.05) is 50.1 Å². The van der Waals surface area contributed by atoms with Crippen LogP contribution in [0.15, 0.2) is 30.6 Å². The van der Waals surface area contributed by atoms with E-state index in [1.54, 1.807) is 41.2 Å². The molecule has 4 heterocycles. The van der Waals surface area contributed by atoms with E-state index < -0.39 is 23.6 Å². The molecule has 3 amide bonds. The van der Waals surface area contributed by atoms with Gasteiger partial charge in [0.15, 0.2) is 5.65 Å². The maximum absolute atomic E-state index is 15.5. The van der Waals surface area contributed by atoms with Crippen molar-refractivity contribution in [3.8, 4) is 11.1 Å². The lowest BCUT2D eigenvalue weighted by atomic mass is 9.89. The molecule has 1 fully saturated rings. The summed E-state index contributed by atoms with van der Waals surface area (Å²) in [5.74, 6) is -2.14. The minimum Gasteiger partial charge on any atom is -0.468 e. The van der Waals surface area contributed by atoms with Gasteiger partial charge in [-0.25, -0.2) is 14.1 Å². The molecule has 0 bridgehead atoms. The number of likely N-dealkylation sites (tertiary alicyclic amines) is 1. The van der Waals surface area contributed by atoms with Crippen LogP contribution in [0.1, 0.15) is 31.4 Å². The highest BCUT2D eigenvalue weighted by molar-refractivity contribution is 5.98. The van der Waals surface area contributed by atoms with Gasteiger partial charge in [0.25, 0.3) is 0 Å². The molecule has 220 valence electrons. The first kappa shape index (κ1) is 28.6. The topological polar surface area (TPSA) is 153 Å². The Labute approximate surface area is 240 Å². The summed E-state index contributed by atoms with van der Waals surface area (Å²) >= 11 is 0. The third kappa shape index (κ3) is 5.78. The van der Waals surface area contributed by atoms with Crippen molar-refractivity contribution in [1.82, 2.24) is 40.1 Å². The molecule has 1 aromatic carbocycles. The second-order valence-corrected chi connectivity index (χ2v) is 10.2. The van der Waals surface area contributed by atoms with Crippen LogP contribution in [0.5, 0.6) is 0 Å². The lowest BCUT2D eigenvalue weighted by molar-refractivity contribution is -0.141. The van der Waals surface area contributed by atoms with Gasteiger partial charge in [-0.05, 0) is 36.6 Å². The van der Waals surface area contributed by atoms with E-state index in [2.05, 4.69) is 25.5 Å².